The molecule has 5 heteroatoms. The Morgan fingerprint density at radius 1 is 1.11 bits per heavy atom. The molecule has 0 amide bonds. The molecule has 1 aliphatic heterocycles. The number of hydrazone groups is 1. The second kappa shape index (κ2) is 5.20. The van der Waals surface area contributed by atoms with Crippen molar-refractivity contribution in [3.8, 4) is 11.5 Å². The van der Waals surface area contributed by atoms with E-state index in [1.165, 1.54) is 0 Å². The predicted octanol–water partition coefficient (Wildman–Crippen LogP) is 3.51. The summed E-state index contributed by atoms with van der Waals surface area (Å²) in [4.78, 5) is 0. The van der Waals surface area contributed by atoms with Crippen LogP contribution in [-0.4, -0.2) is 13.0 Å². The van der Waals surface area contributed by atoms with E-state index in [1.54, 1.807) is 18.3 Å². The van der Waals surface area contributed by atoms with E-state index in [-0.39, 0.29) is 6.79 Å². The highest BCUT2D eigenvalue weighted by Gasteiger charge is 2.15. The van der Waals surface area contributed by atoms with Crippen molar-refractivity contribution < 1.29 is 9.47 Å². The fourth-order valence-electron chi connectivity index (χ4n) is 1.72. The van der Waals surface area contributed by atoms with Gasteiger partial charge in [0.25, 0.3) is 0 Å². The summed E-state index contributed by atoms with van der Waals surface area (Å²) in [5.74, 6) is 1.35. The number of rotatable bonds is 3. The Morgan fingerprint density at radius 2 is 1.84 bits per heavy atom. The fraction of sp³-hybridized carbons (Fsp3) is 0.0714. The molecule has 0 aliphatic carbocycles. The molecule has 96 valence electrons. The minimum atomic E-state index is 0.231. The maximum Gasteiger partial charge on any atom is 0.231 e. The van der Waals surface area contributed by atoms with Gasteiger partial charge in [-0.15, -0.1) is 0 Å². The molecule has 2 aromatic rings. The van der Waals surface area contributed by atoms with Crippen LogP contribution in [0.15, 0.2) is 47.6 Å². The number of halogens is 1. The van der Waals surface area contributed by atoms with Gasteiger partial charge in [0.05, 0.1) is 16.9 Å². The Morgan fingerprint density at radius 3 is 2.63 bits per heavy atom. The normalized spacial score (nSPS) is 12.9. The van der Waals surface area contributed by atoms with Crippen molar-refractivity contribution in [2.45, 2.75) is 0 Å². The highest BCUT2D eigenvalue weighted by molar-refractivity contribution is 6.33. The molecule has 0 aromatic heterocycles. The summed E-state index contributed by atoms with van der Waals surface area (Å²) in [5, 5.41) is 4.71. The van der Waals surface area contributed by atoms with Crippen LogP contribution < -0.4 is 14.9 Å². The molecule has 3 rings (SSSR count). The van der Waals surface area contributed by atoms with Crippen molar-refractivity contribution in [1.82, 2.24) is 0 Å². The third kappa shape index (κ3) is 2.63. The van der Waals surface area contributed by atoms with Gasteiger partial charge in [0.2, 0.25) is 6.79 Å². The maximum absolute atomic E-state index is 6.14. The number of hydrogen-bond acceptors (Lipinski definition) is 4. The van der Waals surface area contributed by atoms with Gasteiger partial charge in [-0.25, -0.2) is 0 Å². The van der Waals surface area contributed by atoms with E-state index in [2.05, 4.69) is 10.5 Å². The summed E-state index contributed by atoms with van der Waals surface area (Å²) in [6.45, 7) is 0.231. The standard InChI is InChI=1S/C14H11ClN2O2/c15-12-7-14-13(18-9-19-14)6-10(12)8-16-17-11-4-2-1-3-5-11/h1-8,17H,9H2/b16-8+. The zero-order valence-electron chi connectivity index (χ0n) is 9.97. The zero-order valence-corrected chi connectivity index (χ0v) is 10.7. The summed E-state index contributed by atoms with van der Waals surface area (Å²) in [6, 6.07) is 13.2. The number of hydrogen-bond donors (Lipinski definition) is 1. The molecule has 0 unspecified atom stereocenters. The molecular formula is C14H11ClN2O2. The molecule has 2 aromatic carbocycles. The largest absolute Gasteiger partial charge is 0.454 e. The van der Waals surface area contributed by atoms with Gasteiger partial charge in [-0.05, 0) is 18.2 Å². The second-order valence-electron chi connectivity index (χ2n) is 3.96. The SMILES string of the molecule is Clc1cc2c(cc1/C=N/Nc1ccccc1)OCO2. The van der Waals surface area contributed by atoms with Crippen molar-refractivity contribution in [2.24, 2.45) is 5.10 Å². The quantitative estimate of drug-likeness (QED) is 0.688. The molecule has 0 radical (unpaired) electrons. The van der Waals surface area contributed by atoms with Gasteiger partial charge in [0, 0.05) is 11.6 Å². The highest BCUT2D eigenvalue weighted by Crippen LogP contribution is 2.36. The van der Waals surface area contributed by atoms with Crippen molar-refractivity contribution in [1.29, 1.82) is 0 Å². The molecule has 0 bridgehead atoms. The summed E-state index contributed by atoms with van der Waals surface area (Å²) in [5.41, 5.74) is 4.61. The first-order chi connectivity index (χ1) is 9.33. The lowest BCUT2D eigenvalue weighted by Crippen LogP contribution is -1.93. The first-order valence-electron chi connectivity index (χ1n) is 5.76. The average Bonchev–Trinajstić information content (AvgIpc) is 2.87. The molecule has 0 saturated carbocycles. The summed E-state index contributed by atoms with van der Waals surface area (Å²) in [6.07, 6.45) is 1.65. The molecule has 0 atom stereocenters. The summed E-state index contributed by atoms with van der Waals surface area (Å²) >= 11 is 6.14. The lowest BCUT2D eigenvalue weighted by Gasteiger charge is -2.02. The average molecular weight is 275 g/mol. The van der Waals surface area contributed by atoms with Crippen LogP contribution in [0.25, 0.3) is 0 Å². The fourth-order valence-corrected chi connectivity index (χ4v) is 1.92. The van der Waals surface area contributed by atoms with Crippen LogP contribution in [0, 0.1) is 0 Å². The number of para-hydroxylation sites is 1. The van der Waals surface area contributed by atoms with Crippen molar-refractivity contribution in [3.63, 3.8) is 0 Å². The minimum absolute atomic E-state index is 0.231. The summed E-state index contributed by atoms with van der Waals surface area (Å²) < 4.78 is 10.5. The minimum Gasteiger partial charge on any atom is -0.454 e. The molecule has 4 nitrogen and oxygen atoms in total. The van der Waals surface area contributed by atoms with Gasteiger partial charge < -0.3 is 9.47 Å². The molecule has 1 N–H and O–H groups in total. The van der Waals surface area contributed by atoms with Gasteiger partial charge in [0.15, 0.2) is 11.5 Å². The van der Waals surface area contributed by atoms with E-state index in [9.17, 15) is 0 Å². The Labute approximate surface area is 115 Å². The van der Waals surface area contributed by atoms with Crippen LogP contribution in [-0.2, 0) is 0 Å². The monoisotopic (exact) mass is 274 g/mol. The van der Waals surface area contributed by atoms with Crippen LogP contribution in [0.3, 0.4) is 0 Å². The van der Waals surface area contributed by atoms with Gasteiger partial charge in [-0.1, -0.05) is 29.8 Å². The Balaban J connectivity index is 1.76. The predicted molar refractivity (Wildman–Crippen MR) is 75.2 cm³/mol. The van der Waals surface area contributed by atoms with E-state index >= 15 is 0 Å². The number of nitrogens with zero attached hydrogens (tertiary/aromatic N) is 1. The first-order valence-corrected chi connectivity index (χ1v) is 6.14. The Kier molecular flexibility index (Phi) is 3.25. The van der Waals surface area contributed by atoms with Crippen molar-refractivity contribution in [3.05, 3.63) is 53.1 Å². The van der Waals surface area contributed by atoms with E-state index < -0.39 is 0 Å². The number of fused-ring (bicyclic) bond motifs is 1. The molecule has 0 spiro atoms. The summed E-state index contributed by atoms with van der Waals surface area (Å²) in [7, 11) is 0. The number of benzene rings is 2. The number of nitrogens with one attached hydrogen (secondary N) is 1. The molecule has 0 fully saturated rings. The van der Waals surface area contributed by atoms with E-state index in [0.29, 0.717) is 16.5 Å². The van der Waals surface area contributed by atoms with E-state index in [4.69, 9.17) is 21.1 Å². The van der Waals surface area contributed by atoms with Crippen LogP contribution in [0.1, 0.15) is 5.56 Å². The van der Waals surface area contributed by atoms with Crippen LogP contribution in [0.4, 0.5) is 5.69 Å². The van der Waals surface area contributed by atoms with Crippen molar-refractivity contribution in [2.75, 3.05) is 12.2 Å². The molecule has 19 heavy (non-hydrogen) atoms. The van der Waals surface area contributed by atoms with Gasteiger partial charge in [-0.3, -0.25) is 5.43 Å². The highest BCUT2D eigenvalue weighted by atomic mass is 35.5. The molecular weight excluding hydrogens is 264 g/mol. The Hall–Kier alpha value is -2.20. The molecule has 0 saturated heterocycles. The van der Waals surface area contributed by atoms with Gasteiger partial charge >= 0.3 is 0 Å². The van der Waals surface area contributed by atoms with Crippen LogP contribution in [0.5, 0.6) is 11.5 Å². The molecule has 1 aliphatic rings. The topological polar surface area (TPSA) is 42.9 Å². The van der Waals surface area contributed by atoms with Gasteiger partial charge in [0.1, 0.15) is 0 Å². The van der Waals surface area contributed by atoms with Crippen LogP contribution in [0.2, 0.25) is 5.02 Å². The van der Waals surface area contributed by atoms with Crippen molar-refractivity contribution >= 4 is 23.5 Å². The lowest BCUT2D eigenvalue weighted by atomic mass is 10.2. The number of ether oxygens (including phenoxy) is 2. The molecule has 1 heterocycles. The third-order valence-electron chi connectivity index (χ3n) is 2.66. The van der Waals surface area contributed by atoms with E-state index in [0.717, 1.165) is 11.3 Å². The lowest BCUT2D eigenvalue weighted by molar-refractivity contribution is 0.174. The van der Waals surface area contributed by atoms with Gasteiger partial charge in [-0.2, -0.15) is 5.10 Å². The van der Waals surface area contributed by atoms with Crippen LogP contribution >= 0.6 is 11.6 Å². The Bertz CT molecular complexity index is 614. The van der Waals surface area contributed by atoms with E-state index in [1.807, 2.05) is 30.3 Å². The zero-order chi connectivity index (χ0) is 13.1. The second-order valence-corrected chi connectivity index (χ2v) is 4.37. The third-order valence-corrected chi connectivity index (χ3v) is 2.99. The smallest absolute Gasteiger partial charge is 0.231 e. The first kappa shape index (κ1) is 11.9. The number of anilines is 1. The maximum atomic E-state index is 6.14.